The second kappa shape index (κ2) is 3.45. The predicted octanol–water partition coefficient (Wildman–Crippen LogP) is 0.933. The molecule has 2 rings (SSSR count). The summed E-state index contributed by atoms with van der Waals surface area (Å²) in [7, 11) is 0. The summed E-state index contributed by atoms with van der Waals surface area (Å²) >= 11 is 0. The Hall–Kier alpha value is -1.55. The van der Waals surface area contributed by atoms with E-state index in [1.807, 2.05) is 24.4 Å². The largest absolute Gasteiger partial charge is 0.382 e. The predicted molar refractivity (Wildman–Crippen MR) is 53.6 cm³/mol. The maximum atomic E-state index is 5.41. The lowest BCUT2D eigenvalue weighted by Crippen LogP contribution is -2.13. The van der Waals surface area contributed by atoms with Crippen molar-refractivity contribution in [1.29, 1.82) is 0 Å². The molecule has 0 unspecified atom stereocenters. The third-order valence-corrected chi connectivity index (χ3v) is 1.94. The third-order valence-electron chi connectivity index (χ3n) is 1.94. The molecule has 0 aliphatic rings. The Balaban J connectivity index is 2.37. The summed E-state index contributed by atoms with van der Waals surface area (Å²) in [5.74, 6) is 0. The zero-order chi connectivity index (χ0) is 9.10. The van der Waals surface area contributed by atoms with Gasteiger partial charge in [-0.3, -0.25) is 5.10 Å². The molecule has 4 nitrogen and oxygen atoms in total. The fraction of sp³-hybridized carbons (Fsp3) is 0.222. The van der Waals surface area contributed by atoms with E-state index in [-0.39, 0.29) is 0 Å². The first-order valence-corrected chi connectivity index (χ1v) is 4.28. The normalized spacial score (nSPS) is 10.5. The van der Waals surface area contributed by atoms with Gasteiger partial charge in [-0.2, -0.15) is 5.10 Å². The summed E-state index contributed by atoms with van der Waals surface area (Å²) in [6.45, 7) is 1.41. The summed E-state index contributed by atoms with van der Waals surface area (Å²) in [4.78, 5) is 0. The SMILES string of the molecule is NCCNc1cccc2cn[nH]c12. The first kappa shape index (κ1) is 8.07. The van der Waals surface area contributed by atoms with Gasteiger partial charge >= 0.3 is 0 Å². The number of aromatic nitrogens is 2. The van der Waals surface area contributed by atoms with E-state index in [1.54, 1.807) is 0 Å². The van der Waals surface area contributed by atoms with Gasteiger partial charge in [0.25, 0.3) is 0 Å². The molecule has 4 heteroatoms. The van der Waals surface area contributed by atoms with Crippen molar-refractivity contribution in [3.05, 3.63) is 24.4 Å². The van der Waals surface area contributed by atoms with Crippen LogP contribution < -0.4 is 11.1 Å². The number of anilines is 1. The Morgan fingerprint density at radius 1 is 1.46 bits per heavy atom. The molecule has 0 fully saturated rings. The van der Waals surface area contributed by atoms with Crippen LogP contribution in [-0.2, 0) is 0 Å². The topological polar surface area (TPSA) is 66.7 Å². The number of nitrogens with zero attached hydrogens (tertiary/aromatic N) is 1. The summed E-state index contributed by atoms with van der Waals surface area (Å²) < 4.78 is 0. The van der Waals surface area contributed by atoms with Crippen LogP contribution in [0.15, 0.2) is 24.4 Å². The average molecular weight is 176 g/mol. The standard InChI is InChI=1S/C9H12N4/c10-4-5-11-8-3-1-2-7-6-12-13-9(7)8/h1-3,6,11H,4-5,10H2,(H,12,13). The minimum Gasteiger partial charge on any atom is -0.382 e. The molecule has 0 bridgehead atoms. The van der Waals surface area contributed by atoms with Gasteiger partial charge in [0, 0.05) is 18.5 Å². The molecule has 0 aliphatic heterocycles. The minimum absolute atomic E-state index is 0.629. The molecule has 0 amide bonds. The van der Waals surface area contributed by atoms with Crippen LogP contribution in [0.3, 0.4) is 0 Å². The number of H-pyrrole nitrogens is 1. The molecule has 0 aliphatic carbocycles. The molecule has 68 valence electrons. The van der Waals surface area contributed by atoms with E-state index in [4.69, 9.17) is 5.73 Å². The van der Waals surface area contributed by atoms with E-state index in [0.717, 1.165) is 23.1 Å². The lowest BCUT2D eigenvalue weighted by molar-refractivity contribution is 1.02. The monoisotopic (exact) mass is 176 g/mol. The first-order valence-electron chi connectivity index (χ1n) is 4.28. The highest BCUT2D eigenvalue weighted by Gasteiger charge is 1.99. The average Bonchev–Trinajstić information content (AvgIpc) is 2.62. The number of benzene rings is 1. The maximum Gasteiger partial charge on any atom is 0.0881 e. The van der Waals surface area contributed by atoms with Crippen molar-refractivity contribution in [3.63, 3.8) is 0 Å². The smallest absolute Gasteiger partial charge is 0.0881 e. The third kappa shape index (κ3) is 1.48. The number of aromatic amines is 1. The van der Waals surface area contributed by atoms with Gasteiger partial charge in [-0.05, 0) is 6.07 Å². The number of nitrogens with one attached hydrogen (secondary N) is 2. The quantitative estimate of drug-likeness (QED) is 0.651. The van der Waals surface area contributed by atoms with Crippen molar-refractivity contribution in [2.45, 2.75) is 0 Å². The maximum absolute atomic E-state index is 5.41. The van der Waals surface area contributed by atoms with Gasteiger partial charge < -0.3 is 11.1 Å². The second-order valence-electron chi connectivity index (χ2n) is 2.86. The van der Waals surface area contributed by atoms with Gasteiger partial charge in [-0.1, -0.05) is 12.1 Å². The van der Waals surface area contributed by atoms with Crippen LogP contribution in [0, 0.1) is 0 Å². The molecular weight excluding hydrogens is 164 g/mol. The van der Waals surface area contributed by atoms with Crippen molar-refractivity contribution in [3.8, 4) is 0 Å². The number of hydrogen-bond donors (Lipinski definition) is 3. The molecule has 1 heterocycles. The molecule has 1 aromatic carbocycles. The molecule has 13 heavy (non-hydrogen) atoms. The van der Waals surface area contributed by atoms with Crippen molar-refractivity contribution in [1.82, 2.24) is 10.2 Å². The van der Waals surface area contributed by atoms with Gasteiger partial charge in [0.05, 0.1) is 17.4 Å². The molecule has 0 spiro atoms. The van der Waals surface area contributed by atoms with Gasteiger partial charge in [-0.15, -0.1) is 0 Å². The lowest BCUT2D eigenvalue weighted by Gasteiger charge is -2.04. The van der Waals surface area contributed by atoms with Crippen LogP contribution in [0.1, 0.15) is 0 Å². The number of hydrogen-bond acceptors (Lipinski definition) is 3. The van der Waals surface area contributed by atoms with Crippen LogP contribution in [0.2, 0.25) is 0 Å². The Morgan fingerprint density at radius 3 is 3.23 bits per heavy atom. The summed E-state index contributed by atoms with van der Waals surface area (Å²) in [5, 5.41) is 11.3. The zero-order valence-corrected chi connectivity index (χ0v) is 7.25. The Labute approximate surface area is 76.1 Å². The van der Waals surface area contributed by atoms with E-state index in [9.17, 15) is 0 Å². The van der Waals surface area contributed by atoms with Gasteiger partial charge in [0.1, 0.15) is 0 Å². The van der Waals surface area contributed by atoms with Gasteiger partial charge in [0.2, 0.25) is 0 Å². The van der Waals surface area contributed by atoms with Crippen LogP contribution in [0.5, 0.6) is 0 Å². The Bertz CT molecular complexity index is 393. The van der Waals surface area contributed by atoms with Crippen molar-refractivity contribution < 1.29 is 0 Å². The highest BCUT2D eigenvalue weighted by Crippen LogP contribution is 2.19. The van der Waals surface area contributed by atoms with E-state index in [2.05, 4.69) is 15.5 Å². The highest BCUT2D eigenvalue weighted by molar-refractivity contribution is 5.89. The van der Waals surface area contributed by atoms with Gasteiger partial charge in [-0.25, -0.2) is 0 Å². The van der Waals surface area contributed by atoms with Crippen LogP contribution in [0.4, 0.5) is 5.69 Å². The minimum atomic E-state index is 0.629. The molecule has 0 radical (unpaired) electrons. The summed E-state index contributed by atoms with van der Waals surface area (Å²) in [6, 6.07) is 6.03. The molecule has 0 atom stereocenters. The number of rotatable bonds is 3. The van der Waals surface area contributed by atoms with E-state index >= 15 is 0 Å². The fourth-order valence-electron chi connectivity index (χ4n) is 1.32. The van der Waals surface area contributed by atoms with Crippen molar-refractivity contribution >= 4 is 16.6 Å². The van der Waals surface area contributed by atoms with Crippen LogP contribution in [0.25, 0.3) is 10.9 Å². The van der Waals surface area contributed by atoms with Gasteiger partial charge in [0.15, 0.2) is 0 Å². The molecule has 0 saturated carbocycles. The van der Waals surface area contributed by atoms with E-state index in [0.29, 0.717) is 6.54 Å². The zero-order valence-electron chi connectivity index (χ0n) is 7.25. The highest BCUT2D eigenvalue weighted by atomic mass is 15.1. The lowest BCUT2D eigenvalue weighted by atomic mass is 10.2. The summed E-state index contributed by atoms with van der Waals surface area (Å²) in [6.07, 6.45) is 1.81. The second-order valence-corrected chi connectivity index (χ2v) is 2.86. The fourth-order valence-corrected chi connectivity index (χ4v) is 1.32. The number of para-hydroxylation sites is 1. The number of nitrogens with two attached hydrogens (primary N) is 1. The summed E-state index contributed by atoms with van der Waals surface area (Å²) in [5.41, 5.74) is 7.50. The molecule has 4 N–H and O–H groups in total. The first-order chi connectivity index (χ1) is 6.42. The van der Waals surface area contributed by atoms with E-state index < -0.39 is 0 Å². The van der Waals surface area contributed by atoms with Crippen molar-refractivity contribution in [2.75, 3.05) is 18.4 Å². The molecule has 0 saturated heterocycles. The Morgan fingerprint density at radius 2 is 2.38 bits per heavy atom. The Kier molecular flexibility index (Phi) is 2.14. The molecule has 2 aromatic rings. The van der Waals surface area contributed by atoms with Crippen LogP contribution in [-0.4, -0.2) is 23.3 Å². The number of fused-ring (bicyclic) bond motifs is 1. The molecular formula is C9H12N4. The molecule has 1 aromatic heterocycles. The van der Waals surface area contributed by atoms with Crippen LogP contribution >= 0.6 is 0 Å². The van der Waals surface area contributed by atoms with E-state index in [1.165, 1.54) is 0 Å². The van der Waals surface area contributed by atoms with Crippen molar-refractivity contribution in [2.24, 2.45) is 5.73 Å².